The molecule has 0 radical (unpaired) electrons. The fraction of sp³-hybridized carbons (Fsp3) is 0.625. The molecule has 0 aromatic carbocycles. The van der Waals surface area contributed by atoms with E-state index in [2.05, 4.69) is 26.5 Å². The first kappa shape index (κ1) is 19.2. The zero-order chi connectivity index (χ0) is 17.5. The Morgan fingerprint density at radius 3 is 2.42 bits per heavy atom. The largest absolute Gasteiger partial charge is 0.352 e. The van der Waals surface area contributed by atoms with Gasteiger partial charge in [0.1, 0.15) is 0 Å². The van der Waals surface area contributed by atoms with E-state index in [1.54, 1.807) is 11.3 Å². The molecule has 6 nitrogen and oxygen atoms in total. The van der Waals surface area contributed by atoms with E-state index < -0.39 is 0 Å². The molecule has 1 aromatic heterocycles. The number of carbonyl (C=O) groups is 2. The quantitative estimate of drug-likeness (QED) is 0.754. The lowest BCUT2D eigenvalue weighted by Crippen LogP contribution is -2.50. The predicted molar refractivity (Wildman–Crippen MR) is 97.3 cm³/mol. The zero-order valence-electron chi connectivity index (χ0n) is 14.2. The van der Waals surface area contributed by atoms with Gasteiger partial charge in [0.15, 0.2) is 0 Å². The van der Waals surface area contributed by atoms with Crippen LogP contribution in [0.2, 0.25) is 4.34 Å². The van der Waals surface area contributed by atoms with E-state index in [9.17, 15) is 9.59 Å². The van der Waals surface area contributed by atoms with Crippen molar-refractivity contribution in [2.75, 3.05) is 39.3 Å². The summed E-state index contributed by atoms with van der Waals surface area (Å²) in [6.45, 7) is 8.63. The second-order valence-electron chi connectivity index (χ2n) is 6.26. The number of amides is 2. The van der Waals surface area contributed by atoms with Crippen LogP contribution in [-0.4, -0.2) is 66.9 Å². The van der Waals surface area contributed by atoms with E-state index in [1.165, 1.54) is 4.88 Å². The van der Waals surface area contributed by atoms with E-state index in [4.69, 9.17) is 11.6 Å². The Balaban J connectivity index is 1.63. The van der Waals surface area contributed by atoms with Crippen LogP contribution in [0.5, 0.6) is 0 Å². The van der Waals surface area contributed by atoms with Gasteiger partial charge in [-0.15, -0.1) is 11.3 Å². The van der Waals surface area contributed by atoms with Gasteiger partial charge in [0.2, 0.25) is 11.8 Å². The summed E-state index contributed by atoms with van der Waals surface area (Å²) in [4.78, 5) is 29.2. The SMILES string of the molecule is CC(C)NC(=O)CNC(=O)CN1CCN(Cc2ccc(Cl)s2)CC1. The summed E-state index contributed by atoms with van der Waals surface area (Å²) >= 11 is 7.57. The van der Waals surface area contributed by atoms with Gasteiger partial charge in [-0.05, 0) is 26.0 Å². The van der Waals surface area contributed by atoms with Gasteiger partial charge in [-0.2, -0.15) is 0 Å². The van der Waals surface area contributed by atoms with Crippen LogP contribution in [0.3, 0.4) is 0 Å². The zero-order valence-corrected chi connectivity index (χ0v) is 15.8. The van der Waals surface area contributed by atoms with Crippen LogP contribution in [-0.2, 0) is 16.1 Å². The van der Waals surface area contributed by atoms with Gasteiger partial charge in [0.05, 0.1) is 17.4 Å². The molecule has 2 N–H and O–H groups in total. The van der Waals surface area contributed by atoms with E-state index in [1.807, 2.05) is 19.9 Å². The molecule has 0 saturated carbocycles. The van der Waals surface area contributed by atoms with Gasteiger partial charge in [-0.25, -0.2) is 0 Å². The van der Waals surface area contributed by atoms with Crippen LogP contribution >= 0.6 is 22.9 Å². The Bertz CT molecular complexity index is 556. The lowest BCUT2D eigenvalue weighted by Gasteiger charge is -2.34. The second-order valence-corrected chi connectivity index (χ2v) is 8.06. The molecule has 1 aliphatic heterocycles. The number of thiophene rings is 1. The number of carbonyl (C=O) groups excluding carboxylic acids is 2. The molecule has 0 unspecified atom stereocenters. The van der Waals surface area contributed by atoms with E-state index in [0.717, 1.165) is 37.1 Å². The van der Waals surface area contributed by atoms with E-state index in [-0.39, 0.29) is 24.4 Å². The molecular weight excluding hydrogens is 348 g/mol. The van der Waals surface area contributed by atoms with Crippen LogP contribution in [0.15, 0.2) is 12.1 Å². The summed E-state index contributed by atoms with van der Waals surface area (Å²) in [6, 6.07) is 4.08. The van der Waals surface area contributed by atoms with Crippen molar-refractivity contribution in [3.8, 4) is 0 Å². The Morgan fingerprint density at radius 2 is 1.83 bits per heavy atom. The third kappa shape index (κ3) is 6.76. The lowest BCUT2D eigenvalue weighted by molar-refractivity contribution is -0.127. The normalized spacial score (nSPS) is 16.3. The number of piperazine rings is 1. The first-order chi connectivity index (χ1) is 11.4. The Labute approximate surface area is 152 Å². The maximum atomic E-state index is 11.9. The Hall–Kier alpha value is -1.15. The molecular formula is C16H25ClN4O2S. The highest BCUT2D eigenvalue weighted by molar-refractivity contribution is 7.16. The molecule has 2 rings (SSSR count). The maximum Gasteiger partial charge on any atom is 0.239 e. The summed E-state index contributed by atoms with van der Waals surface area (Å²) in [6.07, 6.45) is 0. The van der Waals surface area contributed by atoms with Crippen molar-refractivity contribution in [3.63, 3.8) is 0 Å². The molecule has 1 fully saturated rings. The summed E-state index contributed by atoms with van der Waals surface area (Å²) in [5, 5.41) is 5.42. The molecule has 2 heterocycles. The topological polar surface area (TPSA) is 64.7 Å². The average molecular weight is 373 g/mol. The second kappa shape index (κ2) is 9.36. The number of hydrogen-bond donors (Lipinski definition) is 2. The number of hydrogen-bond acceptors (Lipinski definition) is 5. The molecule has 1 aliphatic rings. The lowest BCUT2D eigenvalue weighted by atomic mass is 10.3. The van der Waals surface area contributed by atoms with Gasteiger partial charge >= 0.3 is 0 Å². The van der Waals surface area contributed by atoms with Crippen molar-refractivity contribution in [2.45, 2.75) is 26.4 Å². The van der Waals surface area contributed by atoms with Crippen LogP contribution in [0, 0.1) is 0 Å². The predicted octanol–water partition coefficient (Wildman–Crippen LogP) is 1.16. The molecule has 134 valence electrons. The monoisotopic (exact) mass is 372 g/mol. The van der Waals surface area contributed by atoms with Crippen LogP contribution in [0.4, 0.5) is 0 Å². The molecule has 0 atom stereocenters. The fourth-order valence-corrected chi connectivity index (χ4v) is 3.70. The Morgan fingerprint density at radius 1 is 1.17 bits per heavy atom. The highest BCUT2D eigenvalue weighted by Crippen LogP contribution is 2.23. The van der Waals surface area contributed by atoms with Gasteiger partial charge in [0, 0.05) is 43.6 Å². The summed E-state index contributed by atoms with van der Waals surface area (Å²) in [7, 11) is 0. The first-order valence-electron chi connectivity index (χ1n) is 8.17. The minimum atomic E-state index is -0.155. The van der Waals surface area contributed by atoms with Gasteiger partial charge in [0.25, 0.3) is 0 Å². The summed E-state index contributed by atoms with van der Waals surface area (Å²) < 4.78 is 0.821. The molecule has 0 aliphatic carbocycles. The maximum absolute atomic E-state index is 11.9. The molecule has 8 heteroatoms. The number of nitrogens with one attached hydrogen (secondary N) is 2. The highest BCUT2D eigenvalue weighted by Gasteiger charge is 2.19. The van der Waals surface area contributed by atoms with Crippen LogP contribution in [0.25, 0.3) is 0 Å². The molecule has 0 bridgehead atoms. The molecule has 0 spiro atoms. The fourth-order valence-electron chi connectivity index (χ4n) is 2.57. The van der Waals surface area contributed by atoms with Gasteiger partial charge < -0.3 is 10.6 Å². The first-order valence-corrected chi connectivity index (χ1v) is 9.37. The molecule has 24 heavy (non-hydrogen) atoms. The third-order valence-electron chi connectivity index (χ3n) is 3.74. The van der Waals surface area contributed by atoms with Crippen LogP contribution in [0.1, 0.15) is 18.7 Å². The van der Waals surface area contributed by atoms with Crippen molar-refractivity contribution in [3.05, 3.63) is 21.3 Å². The average Bonchev–Trinajstić information content (AvgIpc) is 2.92. The smallest absolute Gasteiger partial charge is 0.239 e. The van der Waals surface area contributed by atoms with Crippen molar-refractivity contribution in [1.29, 1.82) is 0 Å². The molecule has 2 amide bonds. The van der Waals surface area contributed by atoms with Crippen molar-refractivity contribution >= 4 is 34.8 Å². The van der Waals surface area contributed by atoms with Crippen molar-refractivity contribution < 1.29 is 9.59 Å². The van der Waals surface area contributed by atoms with E-state index in [0.29, 0.717) is 6.54 Å². The standard InChI is InChI=1S/C16H25ClN4O2S/c1-12(2)19-15(22)9-18-16(23)11-21-7-5-20(6-8-21)10-13-3-4-14(17)24-13/h3-4,12H,5-11H2,1-2H3,(H,18,23)(H,19,22). The van der Waals surface area contributed by atoms with Gasteiger partial charge in [-0.1, -0.05) is 11.6 Å². The summed E-state index contributed by atoms with van der Waals surface area (Å²) in [5.41, 5.74) is 0. The molecule has 1 aromatic rings. The Kier molecular flexibility index (Phi) is 7.48. The number of rotatable bonds is 7. The van der Waals surface area contributed by atoms with Crippen LogP contribution < -0.4 is 10.6 Å². The van der Waals surface area contributed by atoms with Crippen molar-refractivity contribution in [1.82, 2.24) is 20.4 Å². The van der Waals surface area contributed by atoms with Crippen molar-refractivity contribution in [2.24, 2.45) is 0 Å². The molecule has 1 saturated heterocycles. The number of nitrogens with zero attached hydrogens (tertiary/aromatic N) is 2. The minimum absolute atomic E-state index is 0.0378. The minimum Gasteiger partial charge on any atom is -0.352 e. The van der Waals surface area contributed by atoms with E-state index >= 15 is 0 Å². The summed E-state index contributed by atoms with van der Waals surface area (Å²) in [5.74, 6) is -0.259. The third-order valence-corrected chi connectivity index (χ3v) is 4.95. The van der Waals surface area contributed by atoms with Gasteiger partial charge in [-0.3, -0.25) is 19.4 Å². The number of halogens is 1. The highest BCUT2D eigenvalue weighted by atomic mass is 35.5.